The van der Waals surface area contributed by atoms with Gasteiger partial charge in [0.05, 0.1) is 23.0 Å². The van der Waals surface area contributed by atoms with Crippen LogP contribution in [0.2, 0.25) is 0 Å². The van der Waals surface area contributed by atoms with Crippen molar-refractivity contribution in [3.05, 3.63) is 65.6 Å². The number of fused-ring (bicyclic) bond motifs is 1. The molecule has 30 heavy (non-hydrogen) atoms. The molecule has 1 amide bonds. The van der Waals surface area contributed by atoms with E-state index < -0.39 is 13.0 Å². The number of carbonyl (C=O) groups is 1. The van der Waals surface area contributed by atoms with Gasteiger partial charge < -0.3 is 21.1 Å². The summed E-state index contributed by atoms with van der Waals surface area (Å²) in [6.45, 7) is 2.19. The second-order valence-corrected chi connectivity index (χ2v) is 6.67. The molecule has 4 rings (SSSR count). The number of amides is 1. The Morgan fingerprint density at radius 1 is 1.23 bits per heavy atom. The predicted octanol–water partition coefficient (Wildman–Crippen LogP) is -0.114. The molecule has 0 aliphatic carbocycles. The summed E-state index contributed by atoms with van der Waals surface area (Å²) in [5.41, 5.74) is 8.88. The van der Waals surface area contributed by atoms with Crippen molar-refractivity contribution in [2.45, 2.75) is 13.5 Å². The molecule has 0 bridgehead atoms. The number of nitrogens with two attached hydrogens (primary N) is 1. The van der Waals surface area contributed by atoms with Gasteiger partial charge in [0.15, 0.2) is 5.82 Å². The van der Waals surface area contributed by atoms with Gasteiger partial charge in [0, 0.05) is 6.54 Å². The standard InChI is InChI=1S/C19H18BN7O3/c1-11-17(14-6-3-7-15(18(21)28)27(14)26-11)19-24-16(10-23-25-19)22-9-12-4-2-5-13(8-12)20(29)30/h2-8,10,29-30H,9H2,1H3,(H2,21,28)(H,22,24,25). The SMILES string of the molecule is Cc1nn2c(C(N)=O)cccc2c1-c1nncc(NCc2cccc(B(O)O)c2)n1. The van der Waals surface area contributed by atoms with Crippen LogP contribution in [-0.4, -0.2) is 47.9 Å². The molecule has 0 fully saturated rings. The monoisotopic (exact) mass is 403 g/mol. The van der Waals surface area contributed by atoms with Gasteiger partial charge >= 0.3 is 7.12 Å². The Kier molecular flexibility index (Phi) is 5.13. The quantitative estimate of drug-likeness (QED) is 0.326. The number of rotatable bonds is 6. The number of benzene rings is 1. The van der Waals surface area contributed by atoms with E-state index in [-0.39, 0.29) is 5.69 Å². The second kappa shape index (κ2) is 7.89. The highest BCUT2D eigenvalue weighted by Crippen LogP contribution is 2.26. The fraction of sp³-hybridized carbons (Fsp3) is 0.105. The Labute approximate surface area is 171 Å². The first-order valence-corrected chi connectivity index (χ1v) is 9.11. The van der Waals surface area contributed by atoms with E-state index >= 15 is 0 Å². The molecule has 11 heteroatoms. The molecule has 3 aromatic heterocycles. The topological polar surface area (TPSA) is 152 Å². The minimum Gasteiger partial charge on any atom is -0.423 e. The molecule has 10 nitrogen and oxygen atoms in total. The normalized spacial score (nSPS) is 10.9. The zero-order valence-corrected chi connectivity index (χ0v) is 16.0. The Bertz CT molecular complexity index is 1240. The van der Waals surface area contributed by atoms with Gasteiger partial charge in [0.1, 0.15) is 11.5 Å². The molecule has 4 aromatic rings. The van der Waals surface area contributed by atoms with E-state index in [9.17, 15) is 14.8 Å². The summed E-state index contributed by atoms with van der Waals surface area (Å²) in [5, 5.41) is 34.3. The third kappa shape index (κ3) is 3.71. The molecule has 150 valence electrons. The maximum absolute atomic E-state index is 11.7. The van der Waals surface area contributed by atoms with Gasteiger partial charge in [-0.3, -0.25) is 4.79 Å². The summed E-state index contributed by atoms with van der Waals surface area (Å²) < 4.78 is 1.47. The lowest BCUT2D eigenvalue weighted by atomic mass is 9.80. The largest absolute Gasteiger partial charge is 0.488 e. The fourth-order valence-electron chi connectivity index (χ4n) is 3.20. The van der Waals surface area contributed by atoms with E-state index in [1.807, 2.05) is 6.07 Å². The van der Waals surface area contributed by atoms with Gasteiger partial charge in [-0.1, -0.05) is 30.3 Å². The van der Waals surface area contributed by atoms with E-state index in [1.165, 1.54) is 10.7 Å². The molecule has 0 aliphatic heterocycles. The summed E-state index contributed by atoms with van der Waals surface area (Å²) in [6, 6.07) is 12.0. The van der Waals surface area contributed by atoms with Gasteiger partial charge in [-0.15, -0.1) is 5.10 Å². The average Bonchev–Trinajstić information content (AvgIpc) is 3.08. The number of hydrogen-bond acceptors (Lipinski definition) is 8. The third-order valence-corrected chi connectivity index (χ3v) is 4.59. The zero-order chi connectivity index (χ0) is 21.3. The molecule has 0 aliphatic rings. The molecule has 0 unspecified atom stereocenters. The molecular weight excluding hydrogens is 385 g/mol. The van der Waals surface area contributed by atoms with E-state index in [4.69, 9.17) is 5.73 Å². The van der Waals surface area contributed by atoms with Gasteiger partial charge in [-0.25, -0.2) is 9.50 Å². The van der Waals surface area contributed by atoms with Gasteiger partial charge in [-0.05, 0) is 30.1 Å². The van der Waals surface area contributed by atoms with Crippen LogP contribution in [0.3, 0.4) is 0 Å². The zero-order valence-electron chi connectivity index (χ0n) is 16.0. The number of aryl methyl sites for hydroxylation is 1. The lowest BCUT2D eigenvalue weighted by Crippen LogP contribution is -2.30. The Morgan fingerprint density at radius 3 is 2.80 bits per heavy atom. The minimum atomic E-state index is -1.53. The smallest absolute Gasteiger partial charge is 0.423 e. The average molecular weight is 403 g/mol. The molecule has 1 aromatic carbocycles. The number of nitrogens with one attached hydrogen (secondary N) is 1. The van der Waals surface area contributed by atoms with Crippen molar-refractivity contribution >= 4 is 29.8 Å². The van der Waals surface area contributed by atoms with E-state index in [2.05, 4.69) is 25.6 Å². The molecule has 5 N–H and O–H groups in total. The molecular formula is C19H18BN7O3. The highest BCUT2D eigenvalue weighted by atomic mass is 16.4. The molecule has 0 radical (unpaired) electrons. The number of hydrogen-bond donors (Lipinski definition) is 4. The van der Waals surface area contributed by atoms with Crippen LogP contribution in [0.4, 0.5) is 5.82 Å². The molecule has 0 saturated heterocycles. The number of aromatic nitrogens is 5. The molecule has 0 saturated carbocycles. The first-order valence-electron chi connectivity index (χ1n) is 9.11. The molecule has 0 atom stereocenters. The lowest BCUT2D eigenvalue weighted by Gasteiger charge is -2.08. The molecule has 3 heterocycles. The number of nitrogens with zero attached hydrogens (tertiary/aromatic N) is 5. The summed E-state index contributed by atoms with van der Waals surface area (Å²) in [7, 11) is -1.53. The van der Waals surface area contributed by atoms with Crippen molar-refractivity contribution in [3.8, 4) is 11.4 Å². The first kappa shape index (κ1) is 19.5. The Balaban J connectivity index is 1.64. The molecule has 0 spiro atoms. The summed E-state index contributed by atoms with van der Waals surface area (Å²) in [4.78, 5) is 16.2. The van der Waals surface area contributed by atoms with Crippen LogP contribution in [0.1, 0.15) is 21.7 Å². The van der Waals surface area contributed by atoms with Gasteiger partial charge in [-0.2, -0.15) is 10.2 Å². The first-order chi connectivity index (χ1) is 14.4. The maximum Gasteiger partial charge on any atom is 0.488 e. The van der Waals surface area contributed by atoms with Crippen LogP contribution in [0.5, 0.6) is 0 Å². The maximum atomic E-state index is 11.7. The number of primary amides is 1. The van der Waals surface area contributed by atoms with Gasteiger partial charge in [0.25, 0.3) is 5.91 Å². The number of pyridine rings is 1. The Hall–Kier alpha value is -3.83. The fourth-order valence-corrected chi connectivity index (χ4v) is 3.20. The third-order valence-electron chi connectivity index (χ3n) is 4.59. The highest BCUT2D eigenvalue weighted by Gasteiger charge is 2.18. The van der Waals surface area contributed by atoms with Crippen LogP contribution in [0, 0.1) is 6.92 Å². The highest BCUT2D eigenvalue weighted by molar-refractivity contribution is 6.58. The van der Waals surface area contributed by atoms with E-state index in [0.717, 1.165) is 5.56 Å². The summed E-state index contributed by atoms with van der Waals surface area (Å²) in [6.07, 6.45) is 1.49. The van der Waals surface area contributed by atoms with Crippen LogP contribution < -0.4 is 16.5 Å². The van der Waals surface area contributed by atoms with E-state index in [0.29, 0.717) is 40.4 Å². The van der Waals surface area contributed by atoms with Crippen molar-refractivity contribution in [1.29, 1.82) is 0 Å². The lowest BCUT2D eigenvalue weighted by molar-refractivity contribution is 0.0993. The second-order valence-electron chi connectivity index (χ2n) is 6.67. The number of anilines is 1. The van der Waals surface area contributed by atoms with Crippen LogP contribution >= 0.6 is 0 Å². The summed E-state index contributed by atoms with van der Waals surface area (Å²) in [5.74, 6) is 0.257. The minimum absolute atomic E-state index is 0.259. The van der Waals surface area contributed by atoms with Crippen molar-refractivity contribution in [3.63, 3.8) is 0 Å². The van der Waals surface area contributed by atoms with Crippen LogP contribution in [-0.2, 0) is 6.54 Å². The van der Waals surface area contributed by atoms with Crippen molar-refractivity contribution < 1.29 is 14.8 Å². The van der Waals surface area contributed by atoms with Crippen molar-refractivity contribution in [2.24, 2.45) is 5.73 Å². The van der Waals surface area contributed by atoms with Crippen LogP contribution in [0.25, 0.3) is 16.9 Å². The van der Waals surface area contributed by atoms with E-state index in [1.54, 1.807) is 43.3 Å². The van der Waals surface area contributed by atoms with Crippen LogP contribution in [0.15, 0.2) is 48.7 Å². The van der Waals surface area contributed by atoms with Crippen molar-refractivity contribution in [1.82, 2.24) is 24.8 Å². The van der Waals surface area contributed by atoms with Crippen molar-refractivity contribution in [2.75, 3.05) is 5.32 Å². The Morgan fingerprint density at radius 2 is 2.03 bits per heavy atom. The predicted molar refractivity (Wildman–Crippen MR) is 111 cm³/mol. The van der Waals surface area contributed by atoms with Gasteiger partial charge in [0.2, 0.25) is 0 Å². The number of carbonyl (C=O) groups excluding carboxylic acids is 1. The summed E-state index contributed by atoms with van der Waals surface area (Å²) >= 11 is 0.